The van der Waals surface area contributed by atoms with Gasteiger partial charge in [-0.1, -0.05) is 40.6 Å². The van der Waals surface area contributed by atoms with E-state index in [1.165, 1.54) is 6.07 Å². The van der Waals surface area contributed by atoms with E-state index in [9.17, 15) is 9.59 Å². The zero-order chi connectivity index (χ0) is 26.5. The highest BCUT2D eigenvalue weighted by Gasteiger charge is 2.10. The lowest BCUT2D eigenvalue weighted by Gasteiger charge is -2.06. The molecule has 0 spiro atoms. The van der Waals surface area contributed by atoms with Crippen LogP contribution in [0.3, 0.4) is 0 Å². The van der Waals surface area contributed by atoms with Crippen LogP contribution in [0, 0.1) is 6.92 Å². The van der Waals surface area contributed by atoms with Crippen LogP contribution in [0.2, 0.25) is 5.02 Å². The number of aromatic nitrogens is 3. The first kappa shape index (κ1) is 25.4. The van der Waals surface area contributed by atoms with Crippen molar-refractivity contribution in [3.63, 3.8) is 0 Å². The van der Waals surface area contributed by atoms with Gasteiger partial charge in [0, 0.05) is 35.0 Å². The highest BCUT2D eigenvalue weighted by molar-refractivity contribution is 6.30. The van der Waals surface area contributed by atoms with Gasteiger partial charge in [-0.2, -0.15) is 0 Å². The molecule has 1 amide bonds. The Kier molecular flexibility index (Phi) is 7.65. The summed E-state index contributed by atoms with van der Waals surface area (Å²) in [4.78, 5) is 25.0. The number of amides is 1. The van der Waals surface area contributed by atoms with Crippen LogP contribution in [-0.4, -0.2) is 20.9 Å². The van der Waals surface area contributed by atoms with Crippen LogP contribution in [0.15, 0.2) is 88.2 Å². The molecule has 0 saturated carbocycles. The van der Waals surface area contributed by atoms with Crippen molar-refractivity contribution in [2.45, 2.75) is 39.2 Å². The number of unbranched alkanes of at least 4 members (excludes halogenated alkanes) is 1. The van der Waals surface area contributed by atoms with Gasteiger partial charge in [-0.25, -0.2) is 4.68 Å². The molecule has 3 aromatic carbocycles. The van der Waals surface area contributed by atoms with Crippen molar-refractivity contribution in [2.24, 2.45) is 0 Å². The summed E-state index contributed by atoms with van der Waals surface area (Å²) in [5.41, 5.74) is 4.98. The van der Waals surface area contributed by atoms with E-state index >= 15 is 0 Å². The van der Waals surface area contributed by atoms with Gasteiger partial charge in [0.15, 0.2) is 5.43 Å². The van der Waals surface area contributed by atoms with Gasteiger partial charge in [0.1, 0.15) is 11.3 Å². The Hall–Kier alpha value is -4.23. The number of rotatable bonds is 9. The normalized spacial score (nSPS) is 11.1. The molecule has 8 heteroatoms. The van der Waals surface area contributed by atoms with Gasteiger partial charge in [0.25, 0.3) is 0 Å². The number of nitrogens with one attached hydrogen (secondary N) is 1. The number of carbonyl (C=O) groups is 1. The molecule has 0 aliphatic heterocycles. The Labute approximate surface area is 225 Å². The third kappa shape index (κ3) is 6.36. The van der Waals surface area contributed by atoms with E-state index in [1.807, 2.05) is 67.7 Å². The predicted octanol–water partition coefficient (Wildman–Crippen LogP) is 6.41. The zero-order valence-corrected chi connectivity index (χ0v) is 21.7. The van der Waals surface area contributed by atoms with E-state index in [0.29, 0.717) is 34.7 Å². The molecule has 7 nitrogen and oxygen atoms in total. The van der Waals surface area contributed by atoms with Crippen molar-refractivity contribution in [1.29, 1.82) is 0 Å². The molecule has 0 fully saturated rings. The van der Waals surface area contributed by atoms with Crippen molar-refractivity contribution >= 4 is 34.2 Å². The average molecular weight is 527 g/mol. The van der Waals surface area contributed by atoms with Gasteiger partial charge >= 0.3 is 0 Å². The van der Waals surface area contributed by atoms with Crippen LogP contribution in [-0.2, 0) is 17.8 Å². The van der Waals surface area contributed by atoms with E-state index in [-0.39, 0.29) is 11.3 Å². The first-order valence-corrected chi connectivity index (χ1v) is 12.9. The van der Waals surface area contributed by atoms with Gasteiger partial charge in [0.2, 0.25) is 5.91 Å². The Bertz CT molecular complexity index is 1620. The molecule has 5 aromatic rings. The lowest BCUT2D eigenvalue weighted by atomic mass is 10.1. The molecule has 5 rings (SSSR count). The molecule has 0 atom stereocenters. The second-order valence-electron chi connectivity index (χ2n) is 9.34. The predicted molar refractivity (Wildman–Crippen MR) is 149 cm³/mol. The molecular formula is C30H27ClN4O3. The summed E-state index contributed by atoms with van der Waals surface area (Å²) in [6.45, 7) is 2.50. The minimum absolute atomic E-state index is 0.0126. The minimum atomic E-state index is -0.108. The summed E-state index contributed by atoms with van der Waals surface area (Å²) in [6, 6.07) is 22.0. The van der Waals surface area contributed by atoms with Crippen molar-refractivity contribution in [1.82, 2.24) is 15.0 Å². The molecule has 0 aliphatic carbocycles. The van der Waals surface area contributed by atoms with E-state index in [4.69, 9.17) is 16.0 Å². The molecule has 0 aliphatic rings. The maximum Gasteiger partial charge on any atom is 0.224 e. The molecule has 0 saturated heterocycles. The Morgan fingerprint density at radius 2 is 1.79 bits per heavy atom. The molecule has 2 aromatic heterocycles. The van der Waals surface area contributed by atoms with Crippen molar-refractivity contribution in [3.05, 3.63) is 111 Å². The Morgan fingerprint density at radius 1 is 1.00 bits per heavy atom. The molecule has 0 radical (unpaired) electrons. The quantitative estimate of drug-likeness (QED) is 0.224. The van der Waals surface area contributed by atoms with Crippen LogP contribution in [0.5, 0.6) is 0 Å². The second kappa shape index (κ2) is 11.4. The number of benzene rings is 3. The fraction of sp³-hybridized carbons (Fsp3) is 0.200. The Balaban J connectivity index is 1.15. The number of aryl methyl sites for hydroxylation is 2. The largest absolute Gasteiger partial charge is 0.456 e. The standard InChI is InChI=1S/C30H27ClN4O3/c1-20-6-13-24(14-7-20)32-30(37)5-3-2-4-25-19-35(34-33-25)18-21-8-15-28-26(16-21)27(36)17-29(38-28)22-9-11-23(31)12-10-22/h6-17,19H,2-5,18H2,1H3,(H,32,37). The molecular weight excluding hydrogens is 500 g/mol. The molecule has 0 bridgehead atoms. The molecule has 1 N–H and O–H groups in total. The lowest BCUT2D eigenvalue weighted by Crippen LogP contribution is -2.11. The summed E-state index contributed by atoms with van der Waals surface area (Å²) in [7, 11) is 0. The Morgan fingerprint density at radius 3 is 2.58 bits per heavy atom. The fourth-order valence-corrected chi connectivity index (χ4v) is 4.35. The molecule has 192 valence electrons. The maximum atomic E-state index is 12.8. The van der Waals surface area contributed by atoms with Crippen LogP contribution in [0.1, 0.15) is 36.1 Å². The van der Waals surface area contributed by atoms with Crippen LogP contribution in [0.4, 0.5) is 5.69 Å². The van der Waals surface area contributed by atoms with Crippen molar-refractivity contribution < 1.29 is 9.21 Å². The van der Waals surface area contributed by atoms with Crippen molar-refractivity contribution in [3.8, 4) is 11.3 Å². The number of carbonyl (C=O) groups excluding carboxylic acids is 1. The summed E-state index contributed by atoms with van der Waals surface area (Å²) in [5, 5.41) is 12.6. The average Bonchev–Trinajstić information content (AvgIpc) is 3.36. The van der Waals surface area contributed by atoms with Gasteiger partial charge in [-0.15, -0.1) is 5.10 Å². The summed E-state index contributed by atoms with van der Waals surface area (Å²) in [5.74, 6) is 0.513. The number of halogens is 1. The smallest absolute Gasteiger partial charge is 0.224 e. The molecule has 2 heterocycles. The fourth-order valence-electron chi connectivity index (χ4n) is 4.23. The summed E-state index contributed by atoms with van der Waals surface area (Å²) in [6.07, 6.45) is 4.71. The second-order valence-corrected chi connectivity index (χ2v) is 9.78. The van der Waals surface area contributed by atoms with E-state index in [0.717, 1.165) is 47.3 Å². The van der Waals surface area contributed by atoms with Crippen LogP contribution < -0.4 is 10.7 Å². The SMILES string of the molecule is Cc1ccc(NC(=O)CCCCc2cn(Cc3ccc4oc(-c5ccc(Cl)cc5)cc(=O)c4c3)nn2)cc1. The molecule has 0 unspecified atom stereocenters. The van der Waals surface area contributed by atoms with Gasteiger partial charge in [-0.05, 0) is 80.3 Å². The van der Waals surface area contributed by atoms with E-state index in [1.54, 1.807) is 16.8 Å². The number of nitrogens with zero attached hydrogens (tertiary/aromatic N) is 3. The number of hydrogen-bond acceptors (Lipinski definition) is 5. The highest BCUT2D eigenvalue weighted by Crippen LogP contribution is 2.24. The minimum Gasteiger partial charge on any atom is -0.456 e. The summed E-state index contributed by atoms with van der Waals surface area (Å²) < 4.78 is 7.74. The number of hydrogen-bond donors (Lipinski definition) is 1. The maximum absolute atomic E-state index is 12.8. The van der Waals surface area contributed by atoms with E-state index in [2.05, 4.69) is 15.6 Å². The monoisotopic (exact) mass is 526 g/mol. The first-order valence-electron chi connectivity index (χ1n) is 12.5. The van der Waals surface area contributed by atoms with Gasteiger partial charge < -0.3 is 9.73 Å². The first-order chi connectivity index (χ1) is 18.4. The van der Waals surface area contributed by atoms with Crippen molar-refractivity contribution in [2.75, 3.05) is 5.32 Å². The zero-order valence-electron chi connectivity index (χ0n) is 21.0. The van der Waals surface area contributed by atoms with Crippen LogP contribution >= 0.6 is 11.6 Å². The lowest BCUT2D eigenvalue weighted by molar-refractivity contribution is -0.116. The third-order valence-corrected chi connectivity index (χ3v) is 6.53. The number of anilines is 1. The molecule has 38 heavy (non-hydrogen) atoms. The van der Waals surface area contributed by atoms with Gasteiger partial charge in [-0.3, -0.25) is 9.59 Å². The van der Waals surface area contributed by atoms with Crippen LogP contribution in [0.25, 0.3) is 22.3 Å². The third-order valence-electron chi connectivity index (χ3n) is 6.27. The van der Waals surface area contributed by atoms with E-state index < -0.39 is 0 Å². The topological polar surface area (TPSA) is 90.0 Å². The van der Waals surface area contributed by atoms with Gasteiger partial charge in [0.05, 0.1) is 17.6 Å². The summed E-state index contributed by atoms with van der Waals surface area (Å²) >= 11 is 5.96. The highest BCUT2D eigenvalue weighted by atomic mass is 35.5. The number of fused-ring (bicyclic) bond motifs is 1.